The lowest BCUT2D eigenvalue weighted by Crippen LogP contribution is -2.32. The number of rotatable bonds is 7. The summed E-state index contributed by atoms with van der Waals surface area (Å²) in [6, 6.07) is 17.8. The van der Waals surface area contributed by atoms with E-state index in [4.69, 9.17) is 5.73 Å². The highest BCUT2D eigenvalue weighted by Crippen LogP contribution is 2.50. The molecule has 0 saturated carbocycles. The summed E-state index contributed by atoms with van der Waals surface area (Å²) in [5.74, 6) is 0.298. The maximum Gasteiger partial charge on any atom is 0.0646 e. The number of unbranched alkanes of at least 4 members (excludes halogenated alkanes) is 1. The van der Waals surface area contributed by atoms with Gasteiger partial charge < -0.3 is 5.73 Å². The standard InChI is InChI=1S/C31H35N.C2H6/c1-5-7-9-10-11-17-27-29(22(3)14-8-6-2)30-26-21-24-16-13-12-15-23(24)20-25(26)18-19-28(30)31(27,4)32;1-2/h5,7-8,11-22H,6,9-10,32H2,1-4H3;1-2H3/b7-5-,14-8-,17-11-;. The topological polar surface area (TPSA) is 26.0 Å². The number of allylic oxidation sites excluding steroid dienone is 6. The molecule has 1 nitrogen and oxygen atoms in total. The molecule has 2 unspecified atom stereocenters. The van der Waals surface area contributed by atoms with Crippen LogP contribution >= 0.6 is 0 Å². The fraction of sp³-hybridized carbons (Fsp3) is 0.333. The van der Waals surface area contributed by atoms with E-state index in [1.165, 1.54) is 43.8 Å². The third-order valence-electron chi connectivity index (χ3n) is 6.70. The van der Waals surface area contributed by atoms with Crippen LogP contribution in [0, 0.1) is 5.92 Å². The molecule has 0 amide bonds. The fourth-order valence-electron chi connectivity index (χ4n) is 5.03. The predicted octanol–water partition coefficient (Wildman–Crippen LogP) is 9.48. The van der Waals surface area contributed by atoms with Gasteiger partial charge in [0, 0.05) is 0 Å². The van der Waals surface area contributed by atoms with Crippen molar-refractivity contribution in [1.82, 2.24) is 0 Å². The zero-order valence-corrected chi connectivity index (χ0v) is 21.9. The Balaban J connectivity index is 0.00000158. The molecule has 0 bridgehead atoms. The van der Waals surface area contributed by atoms with Gasteiger partial charge in [0.25, 0.3) is 0 Å². The zero-order valence-electron chi connectivity index (χ0n) is 21.9. The molecule has 0 radical (unpaired) electrons. The lowest BCUT2D eigenvalue weighted by atomic mass is 9.87. The first-order valence-corrected chi connectivity index (χ1v) is 12.9. The third-order valence-corrected chi connectivity index (χ3v) is 6.70. The van der Waals surface area contributed by atoms with E-state index in [9.17, 15) is 0 Å². The summed E-state index contributed by atoms with van der Waals surface area (Å²) in [4.78, 5) is 0. The first-order chi connectivity index (χ1) is 16.5. The van der Waals surface area contributed by atoms with Crippen LogP contribution < -0.4 is 5.73 Å². The first kappa shape index (κ1) is 25.7. The highest BCUT2D eigenvalue weighted by molar-refractivity contribution is 6.06. The summed E-state index contributed by atoms with van der Waals surface area (Å²) in [6.45, 7) is 12.7. The monoisotopic (exact) mass is 451 g/mol. The number of benzene rings is 3. The van der Waals surface area contributed by atoms with Gasteiger partial charge in [0.1, 0.15) is 0 Å². The van der Waals surface area contributed by atoms with E-state index in [1.807, 2.05) is 13.8 Å². The van der Waals surface area contributed by atoms with Gasteiger partial charge in [0.05, 0.1) is 5.54 Å². The van der Waals surface area contributed by atoms with Crippen LogP contribution in [0.15, 0.2) is 90.6 Å². The molecule has 3 aromatic carbocycles. The van der Waals surface area contributed by atoms with Crippen molar-refractivity contribution in [2.75, 3.05) is 0 Å². The number of nitrogens with two attached hydrogens (primary N) is 1. The minimum absolute atomic E-state index is 0.298. The number of fused-ring (bicyclic) bond motifs is 4. The Labute approximate surface area is 206 Å². The average Bonchev–Trinajstić information content (AvgIpc) is 3.09. The van der Waals surface area contributed by atoms with Crippen molar-refractivity contribution in [1.29, 1.82) is 0 Å². The predicted molar refractivity (Wildman–Crippen MR) is 153 cm³/mol. The Morgan fingerprint density at radius 1 is 0.912 bits per heavy atom. The van der Waals surface area contributed by atoms with Gasteiger partial charge in [-0.05, 0) is 95.0 Å². The molecule has 0 aromatic heterocycles. The van der Waals surface area contributed by atoms with E-state index < -0.39 is 5.54 Å². The fourth-order valence-corrected chi connectivity index (χ4v) is 5.03. The summed E-state index contributed by atoms with van der Waals surface area (Å²) < 4.78 is 0. The molecule has 2 atom stereocenters. The van der Waals surface area contributed by atoms with Crippen LogP contribution in [-0.2, 0) is 5.54 Å². The maximum absolute atomic E-state index is 7.09. The van der Waals surface area contributed by atoms with Crippen LogP contribution in [0.2, 0.25) is 0 Å². The summed E-state index contributed by atoms with van der Waals surface area (Å²) in [6.07, 6.45) is 16.7. The molecule has 178 valence electrons. The van der Waals surface area contributed by atoms with Crippen molar-refractivity contribution in [2.45, 2.75) is 66.3 Å². The van der Waals surface area contributed by atoms with Crippen molar-refractivity contribution in [3.63, 3.8) is 0 Å². The largest absolute Gasteiger partial charge is 0.318 e. The zero-order chi connectivity index (χ0) is 24.7. The van der Waals surface area contributed by atoms with Crippen LogP contribution in [-0.4, -0.2) is 0 Å². The van der Waals surface area contributed by atoms with Crippen molar-refractivity contribution in [3.05, 3.63) is 102 Å². The van der Waals surface area contributed by atoms with Crippen LogP contribution in [0.5, 0.6) is 0 Å². The molecule has 0 aliphatic heterocycles. The minimum atomic E-state index is -0.504. The first-order valence-electron chi connectivity index (χ1n) is 12.9. The van der Waals surface area contributed by atoms with Gasteiger partial charge in [0.15, 0.2) is 0 Å². The number of hydrogen-bond donors (Lipinski definition) is 1. The molecule has 3 aromatic rings. The van der Waals surface area contributed by atoms with Gasteiger partial charge in [0.2, 0.25) is 0 Å². The van der Waals surface area contributed by atoms with Crippen molar-refractivity contribution >= 4 is 27.1 Å². The molecule has 2 N–H and O–H groups in total. The normalized spacial score (nSPS) is 18.9. The summed E-state index contributed by atoms with van der Waals surface area (Å²) >= 11 is 0. The molecular formula is C33H41N. The molecular weight excluding hydrogens is 410 g/mol. The van der Waals surface area contributed by atoms with Crippen molar-refractivity contribution < 1.29 is 0 Å². The maximum atomic E-state index is 7.09. The highest BCUT2D eigenvalue weighted by atomic mass is 14.8. The van der Waals surface area contributed by atoms with E-state index in [0.717, 1.165) is 19.3 Å². The van der Waals surface area contributed by atoms with Gasteiger partial charge in [-0.25, -0.2) is 0 Å². The lowest BCUT2D eigenvalue weighted by Gasteiger charge is -2.23. The highest BCUT2D eigenvalue weighted by Gasteiger charge is 2.39. The van der Waals surface area contributed by atoms with Crippen LogP contribution in [0.4, 0.5) is 0 Å². The molecule has 0 spiro atoms. The van der Waals surface area contributed by atoms with Crippen LogP contribution in [0.3, 0.4) is 0 Å². The molecule has 0 heterocycles. The van der Waals surface area contributed by atoms with Crippen molar-refractivity contribution in [3.8, 4) is 0 Å². The summed E-state index contributed by atoms with van der Waals surface area (Å²) in [5.41, 5.74) is 11.8. The van der Waals surface area contributed by atoms with Crippen LogP contribution in [0.25, 0.3) is 27.1 Å². The Morgan fingerprint density at radius 3 is 2.26 bits per heavy atom. The van der Waals surface area contributed by atoms with E-state index in [1.54, 1.807) is 0 Å². The van der Waals surface area contributed by atoms with Crippen molar-refractivity contribution in [2.24, 2.45) is 11.7 Å². The lowest BCUT2D eigenvalue weighted by molar-refractivity contribution is 0.614. The Morgan fingerprint density at radius 2 is 1.59 bits per heavy atom. The quantitative estimate of drug-likeness (QED) is 0.216. The molecule has 34 heavy (non-hydrogen) atoms. The van der Waals surface area contributed by atoms with Gasteiger partial charge in [-0.1, -0.05) is 101 Å². The minimum Gasteiger partial charge on any atom is -0.318 e. The van der Waals surface area contributed by atoms with E-state index >= 15 is 0 Å². The Kier molecular flexibility index (Phi) is 8.69. The second kappa shape index (κ2) is 11.5. The summed E-state index contributed by atoms with van der Waals surface area (Å²) in [5, 5.41) is 5.14. The van der Waals surface area contributed by atoms with Gasteiger partial charge in [-0.2, -0.15) is 0 Å². The second-order valence-electron chi connectivity index (χ2n) is 9.11. The average molecular weight is 452 g/mol. The van der Waals surface area contributed by atoms with E-state index in [-0.39, 0.29) is 0 Å². The Bertz CT molecular complexity index is 1250. The van der Waals surface area contributed by atoms with Gasteiger partial charge >= 0.3 is 0 Å². The molecule has 0 saturated heterocycles. The van der Waals surface area contributed by atoms with Gasteiger partial charge in [-0.3, -0.25) is 0 Å². The SMILES string of the molecule is C/C=C\CC/C=C\C1=C(C(C)/C=C\CC)c2c(ccc3cc4ccccc4cc23)C1(C)N.CC. The molecule has 4 rings (SSSR count). The van der Waals surface area contributed by atoms with Gasteiger partial charge in [-0.15, -0.1) is 0 Å². The molecule has 1 aliphatic carbocycles. The van der Waals surface area contributed by atoms with E-state index in [0.29, 0.717) is 5.92 Å². The molecule has 1 aliphatic rings. The smallest absolute Gasteiger partial charge is 0.0646 e. The third kappa shape index (κ3) is 4.95. The number of hydrogen-bond acceptors (Lipinski definition) is 1. The van der Waals surface area contributed by atoms with E-state index in [2.05, 4.69) is 113 Å². The van der Waals surface area contributed by atoms with Crippen LogP contribution in [0.1, 0.15) is 71.9 Å². The molecule has 0 fully saturated rings. The second-order valence-corrected chi connectivity index (χ2v) is 9.11. The summed E-state index contributed by atoms with van der Waals surface area (Å²) in [7, 11) is 0. The Hall–Kier alpha value is -2.90. The molecule has 1 heteroatoms.